The van der Waals surface area contributed by atoms with E-state index in [2.05, 4.69) is 15.2 Å². The summed E-state index contributed by atoms with van der Waals surface area (Å²) in [5.41, 5.74) is 8.51. The van der Waals surface area contributed by atoms with Crippen molar-refractivity contribution in [2.45, 2.75) is 17.0 Å². The van der Waals surface area contributed by atoms with Crippen molar-refractivity contribution in [1.29, 1.82) is 0 Å². The van der Waals surface area contributed by atoms with Gasteiger partial charge in [-0.05, 0) is 23.3 Å². The highest BCUT2D eigenvalue weighted by Crippen LogP contribution is 2.35. The van der Waals surface area contributed by atoms with Crippen LogP contribution < -0.4 is 5.73 Å². The van der Waals surface area contributed by atoms with Gasteiger partial charge < -0.3 is 5.73 Å². The summed E-state index contributed by atoms with van der Waals surface area (Å²) >= 11 is 1.31. The molecule has 0 aliphatic rings. The number of primary amides is 1. The third-order valence-electron chi connectivity index (χ3n) is 4.40. The van der Waals surface area contributed by atoms with E-state index in [4.69, 9.17) is 5.73 Å². The minimum atomic E-state index is -0.559. The van der Waals surface area contributed by atoms with E-state index in [1.807, 2.05) is 77.4 Å². The van der Waals surface area contributed by atoms with E-state index in [9.17, 15) is 4.79 Å². The molecule has 1 unspecified atom stereocenters. The van der Waals surface area contributed by atoms with Crippen LogP contribution >= 0.6 is 11.8 Å². The Labute approximate surface area is 172 Å². The second-order valence-electron chi connectivity index (χ2n) is 6.43. The highest BCUT2D eigenvalue weighted by Gasteiger charge is 2.24. The number of nitrogens with zero attached hydrogens (tertiary/aromatic N) is 4. The van der Waals surface area contributed by atoms with Crippen LogP contribution in [0.25, 0.3) is 11.4 Å². The Morgan fingerprint density at radius 2 is 1.69 bits per heavy atom. The molecule has 0 saturated heterocycles. The molecule has 0 spiro atoms. The van der Waals surface area contributed by atoms with E-state index in [0.29, 0.717) is 17.5 Å². The number of amides is 1. The van der Waals surface area contributed by atoms with Crippen LogP contribution in [0.2, 0.25) is 0 Å². The molecule has 0 aliphatic carbocycles. The van der Waals surface area contributed by atoms with E-state index in [1.54, 1.807) is 12.4 Å². The van der Waals surface area contributed by atoms with Crippen molar-refractivity contribution in [3.63, 3.8) is 0 Å². The molecule has 7 heteroatoms. The smallest absolute Gasteiger partial charge is 0.235 e. The number of thioether (sulfide) groups is 1. The second-order valence-corrected chi connectivity index (χ2v) is 7.50. The van der Waals surface area contributed by atoms with Gasteiger partial charge in [-0.2, -0.15) is 0 Å². The number of aromatic nitrogens is 4. The highest BCUT2D eigenvalue weighted by molar-refractivity contribution is 8.00. The Balaban J connectivity index is 1.74. The zero-order valence-electron chi connectivity index (χ0n) is 15.6. The van der Waals surface area contributed by atoms with Gasteiger partial charge in [-0.1, -0.05) is 72.4 Å². The van der Waals surface area contributed by atoms with E-state index in [-0.39, 0.29) is 0 Å². The number of carbonyl (C=O) groups is 1. The number of nitrogens with two attached hydrogens (primary N) is 1. The molecule has 29 heavy (non-hydrogen) atoms. The highest BCUT2D eigenvalue weighted by atomic mass is 32.2. The Morgan fingerprint density at radius 3 is 2.34 bits per heavy atom. The number of carbonyl (C=O) groups excluding carboxylic acids is 1. The molecule has 1 amide bonds. The summed E-state index contributed by atoms with van der Waals surface area (Å²) in [7, 11) is 0. The fourth-order valence-electron chi connectivity index (χ4n) is 3.02. The maximum absolute atomic E-state index is 12.2. The molecule has 0 aliphatic heterocycles. The van der Waals surface area contributed by atoms with E-state index in [0.717, 1.165) is 16.7 Å². The Bertz CT molecular complexity index is 1080. The zero-order valence-corrected chi connectivity index (χ0v) is 16.4. The minimum Gasteiger partial charge on any atom is -0.368 e. The summed E-state index contributed by atoms with van der Waals surface area (Å²) in [5.74, 6) is 0.277. The molecule has 0 bridgehead atoms. The van der Waals surface area contributed by atoms with Crippen LogP contribution in [0.3, 0.4) is 0 Å². The van der Waals surface area contributed by atoms with E-state index in [1.165, 1.54) is 11.8 Å². The molecule has 2 heterocycles. The Hall–Kier alpha value is -3.45. The largest absolute Gasteiger partial charge is 0.368 e. The fraction of sp³-hybridized carbons (Fsp3) is 0.0909. The van der Waals surface area contributed by atoms with Crippen LogP contribution in [-0.2, 0) is 11.3 Å². The molecule has 144 valence electrons. The predicted octanol–water partition coefficient (Wildman–Crippen LogP) is 3.71. The van der Waals surface area contributed by atoms with Gasteiger partial charge in [0.1, 0.15) is 5.25 Å². The van der Waals surface area contributed by atoms with Crippen LogP contribution in [0.4, 0.5) is 0 Å². The molecule has 0 saturated carbocycles. The van der Waals surface area contributed by atoms with Gasteiger partial charge >= 0.3 is 0 Å². The van der Waals surface area contributed by atoms with Gasteiger partial charge in [0.15, 0.2) is 11.0 Å². The summed E-state index contributed by atoms with van der Waals surface area (Å²) in [6, 6.07) is 23.3. The summed E-state index contributed by atoms with van der Waals surface area (Å²) in [5, 5.41) is 8.83. The average Bonchev–Trinajstić information content (AvgIpc) is 3.16. The maximum atomic E-state index is 12.2. The van der Waals surface area contributed by atoms with Crippen LogP contribution in [0, 0.1) is 0 Å². The summed E-state index contributed by atoms with van der Waals surface area (Å²) in [6.45, 7) is 0.570. The minimum absolute atomic E-state index is 0.418. The fourth-order valence-corrected chi connectivity index (χ4v) is 4.00. The molecule has 2 N–H and O–H groups in total. The monoisotopic (exact) mass is 401 g/mol. The third kappa shape index (κ3) is 4.35. The molecule has 2 aromatic heterocycles. The molecule has 4 aromatic rings. The zero-order chi connectivity index (χ0) is 20.1. The number of benzene rings is 2. The first kappa shape index (κ1) is 18.9. The lowest BCUT2D eigenvalue weighted by atomic mass is 10.1. The van der Waals surface area contributed by atoms with Crippen molar-refractivity contribution in [3.8, 4) is 11.4 Å². The Morgan fingerprint density at radius 1 is 0.966 bits per heavy atom. The first-order valence-electron chi connectivity index (χ1n) is 9.11. The molecular formula is C22H19N5OS. The van der Waals surface area contributed by atoms with Gasteiger partial charge in [0, 0.05) is 18.0 Å². The summed E-state index contributed by atoms with van der Waals surface area (Å²) in [6.07, 6.45) is 3.47. The topological polar surface area (TPSA) is 86.7 Å². The summed E-state index contributed by atoms with van der Waals surface area (Å²) in [4.78, 5) is 16.4. The first-order valence-corrected chi connectivity index (χ1v) is 9.99. The Kier molecular flexibility index (Phi) is 5.67. The second kappa shape index (κ2) is 8.70. The first-order chi connectivity index (χ1) is 14.2. The maximum Gasteiger partial charge on any atom is 0.235 e. The average molecular weight is 401 g/mol. The molecular weight excluding hydrogens is 382 g/mol. The molecule has 2 aromatic carbocycles. The molecule has 6 nitrogen and oxygen atoms in total. The number of pyridine rings is 1. The van der Waals surface area contributed by atoms with Gasteiger partial charge in [0.25, 0.3) is 0 Å². The molecule has 4 rings (SSSR count). The lowest BCUT2D eigenvalue weighted by Gasteiger charge is -2.15. The number of hydrogen-bond donors (Lipinski definition) is 1. The van der Waals surface area contributed by atoms with Gasteiger partial charge in [-0.3, -0.25) is 14.3 Å². The molecule has 0 radical (unpaired) electrons. The SMILES string of the molecule is NC(=O)C(Sc1nnc(-c2cccnc2)n1Cc1ccccc1)c1ccccc1. The normalized spacial score (nSPS) is 11.9. The van der Waals surface area contributed by atoms with Gasteiger partial charge in [0.05, 0.1) is 6.54 Å². The van der Waals surface area contributed by atoms with Gasteiger partial charge in [0.2, 0.25) is 5.91 Å². The van der Waals surface area contributed by atoms with Crippen LogP contribution in [0.5, 0.6) is 0 Å². The molecule has 0 fully saturated rings. The van der Waals surface area contributed by atoms with E-state index < -0.39 is 11.2 Å². The van der Waals surface area contributed by atoms with Crippen molar-refractivity contribution in [1.82, 2.24) is 19.7 Å². The number of rotatable bonds is 7. The van der Waals surface area contributed by atoms with Crippen LogP contribution in [0.15, 0.2) is 90.3 Å². The van der Waals surface area contributed by atoms with Crippen molar-refractivity contribution >= 4 is 17.7 Å². The van der Waals surface area contributed by atoms with Crippen molar-refractivity contribution in [3.05, 3.63) is 96.3 Å². The van der Waals surface area contributed by atoms with Gasteiger partial charge in [-0.15, -0.1) is 10.2 Å². The lowest BCUT2D eigenvalue weighted by Crippen LogP contribution is -2.19. The van der Waals surface area contributed by atoms with Crippen LogP contribution in [-0.4, -0.2) is 25.7 Å². The van der Waals surface area contributed by atoms with Crippen molar-refractivity contribution < 1.29 is 4.79 Å². The summed E-state index contributed by atoms with van der Waals surface area (Å²) < 4.78 is 2.00. The van der Waals surface area contributed by atoms with Gasteiger partial charge in [-0.25, -0.2) is 0 Å². The predicted molar refractivity (Wildman–Crippen MR) is 113 cm³/mol. The van der Waals surface area contributed by atoms with Crippen LogP contribution in [0.1, 0.15) is 16.4 Å². The number of hydrogen-bond acceptors (Lipinski definition) is 5. The quantitative estimate of drug-likeness (QED) is 0.477. The van der Waals surface area contributed by atoms with Crippen molar-refractivity contribution in [2.24, 2.45) is 5.73 Å². The molecule has 1 atom stereocenters. The van der Waals surface area contributed by atoms with Crippen molar-refractivity contribution in [2.75, 3.05) is 0 Å². The standard InChI is InChI=1S/C22H19N5OS/c23-20(28)19(17-10-5-2-6-11-17)29-22-26-25-21(18-12-7-13-24-14-18)27(22)15-16-8-3-1-4-9-16/h1-14,19H,15H2,(H2,23,28). The van der Waals surface area contributed by atoms with E-state index >= 15 is 0 Å². The third-order valence-corrected chi connectivity index (χ3v) is 5.66. The lowest BCUT2D eigenvalue weighted by molar-refractivity contribution is -0.117.